The molecule has 122 valence electrons. The molecule has 1 aromatic heterocycles. The number of anilines is 2. The Bertz CT molecular complexity index is 668. The van der Waals surface area contributed by atoms with E-state index < -0.39 is 33.2 Å². The molecule has 1 rings (SSSR count). The third-order valence-corrected chi connectivity index (χ3v) is 2.88. The number of alkyl halides is 3. The molecule has 0 fully saturated rings. The number of halogens is 3. The summed E-state index contributed by atoms with van der Waals surface area (Å²) in [5.41, 5.74) is -5.63. The zero-order valence-corrected chi connectivity index (χ0v) is 12.0. The highest BCUT2D eigenvalue weighted by molar-refractivity contribution is 7.88. The minimum absolute atomic E-state index is 0.300. The van der Waals surface area contributed by atoms with Gasteiger partial charge in [0, 0.05) is 26.0 Å². The molecular formula is C10H10F3N3O5S. The molecule has 1 aromatic rings. The average molecular weight is 341 g/mol. The van der Waals surface area contributed by atoms with Gasteiger partial charge in [-0.2, -0.15) is 21.6 Å². The highest BCUT2D eigenvalue weighted by atomic mass is 32.2. The summed E-state index contributed by atoms with van der Waals surface area (Å²) >= 11 is 0. The Kier molecular flexibility index (Phi) is 4.96. The summed E-state index contributed by atoms with van der Waals surface area (Å²) in [7, 11) is -5.89. The van der Waals surface area contributed by atoms with Crippen LogP contribution in [0, 0.1) is 0 Å². The zero-order chi connectivity index (χ0) is 17.1. The van der Waals surface area contributed by atoms with E-state index in [9.17, 15) is 31.2 Å². The maximum atomic E-state index is 12.3. The standard InChI is InChI=1S/C10H10F3N3O5S/c1-5(17)14-8-3-7(4-9(16-8)15-6(2)18)21-22(19,20)10(11,12)13/h3-4H,1-2H3,(H2,14,15,16,17,18). The molecule has 22 heavy (non-hydrogen) atoms. The van der Waals surface area contributed by atoms with Crippen molar-refractivity contribution in [1.29, 1.82) is 0 Å². The molecule has 0 spiro atoms. The lowest BCUT2D eigenvalue weighted by molar-refractivity contribution is -0.115. The molecule has 0 radical (unpaired) electrons. The number of rotatable bonds is 4. The minimum atomic E-state index is -5.89. The van der Waals surface area contributed by atoms with Gasteiger partial charge in [-0.3, -0.25) is 9.59 Å². The van der Waals surface area contributed by atoms with Gasteiger partial charge < -0.3 is 14.8 Å². The first-order valence-corrected chi connectivity index (χ1v) is 6.89. The van der Waals surface area contributed by atoms with E-state index in [-0.39, 0.29) is 11.6 Å². The number of hydrogen-bond acceptors (Lipinski definition) is 6. The molecule has 0 unspecified atom stereocenters. The predicted octanol–water partition coefficient (Wildman–Crippen LogP) is 1.23. The average Bonchev–Trinajstić information content (AvgIpc) is 2.23. The molecule has 0 atom stereocenters. The van der Waals surface area contributed by atoms with E-state index in [1.54, 1.807) is 0 Å². The third-order valence-electron chi connectivity index (χ3n) is 1.90. The van der Waals surface area contributed by atoms with Gasteiger partial charge in [-0.15, -0.1) is 0 Å². The second-order valence-corrected chi connectivity index (χ2v) is 5.46. The summed E-state index contributed by atoms with van der Waals surface area (Å²) in [5.74, 6) is -2.61. The van der Waals surface area contributed by atoms with Crippen molar-refractivity contribution in [2.75, 3.05) is 10.6 Å². The monoisotopic (exact) mass is 341 g/mol. The first-order valence-electron chi connectivity index (χ1n) is 5.49. The molecule has 0 aromatic carbocycles. The lowest BCUT2D eigenvalue weighted by Gasteiger charge is -2.12. The number of hydrogen-bond donors (Lipinski definition) is 2. The van der Waals surface area contributed by atoms with E-state index >= 15 is 0 Å². The van der Waals surface area contributed by atoms with Crippen LogP contribution in [0.3, 0.4) is 0 Å². The van der Waals surface area contributed by atoms with Crippen LogP contribution in [0.4, 0.5) is 24.8 Å². The summed E-state index contributed by atoms with van der Waals surface area (Å²) in [6.07, 6.45) is 0. The molecule has 2 N–H and O–H groups in total. The summed E-state index contributed by atoms with van der Waals surface area (Å²) in [4.78, 5) is 25.5. The van der Waals surface area contributed by atoms with E-state index in [2.05, 4.69) is 19.8 Å². The predicted molar refractivity (Wildman–Crippen MR) is 68.4 cm³/mol. The Labute approximate surface area is 122 Å². The van der Waals surface area contributed by atoms with Gasteiger partial charge in [0.25, 0.3) is 0 Å². The molecular weight excluding hydrogens is 331 g/mol. The van der Waals surface area contributed by atoms with E-state index in [1.807, 2.05) is 0 Å². The highest BCUT2D eigenvalue weighted by Crippen LogP contribution is 2.29. The summed E-state index contributed by atoms with van der Waals surface area (Å²) in [6, 6.07) is 1.52. The van der Waals surface area contributed by atoms with Gasteiger partial charge in [0.1, 0.15) is 17.4 Å². The van der Waals surface area contributed by atoms with Crippen LogP contribution in [0.2, 0.25) is 0 Å². The molecule has 12 heteroatoms. The van der Waals surface area contributed by atoms with Crippen molar-refractivity contribution in [3.63, 3.8) is 0 Å². The zero-order valence-electron chi connectivity index (χ0n) is 11.2. The second kappa shape index (κ2) is 6.17. The van der Waals surface area contributed by atoms with Crippen molar-refractivity contribution in [3.8, 4) is 5.75 Å². The van der Waals surface area contributed by atoms with Crippen LogP contribution in [0.1, 0.15) is 13.8 Å². The molecule has 0 saturated carbocycles. The molecule has 0 aliphatic rings. The number of carbonyl (C=O) groups is 2. The quantitative estimate of drug-likeness (QED) is 0.629. The molecule has 2 amide bonds. The van der Waals surface area contributed by atoms with Gasteiger partial charge in [0.2, 0.25) is 11.8 Å². The largest absolute Gasteiger partial charge is 0.534 e. The first kappa shape index (κ1) is 17.7. The van der Waals surface area contributed by atoms with Crippen LogP contribution >= 0.6 is 0 Å². The molecule has 0 aliphatic carbocycles. The number of nitrogens with one attached hydrogen (secondary N) is 2. The van der Waals surface area contributed by atoms with E-state index in [4.69, 9.17) is 0 Å². The van der Waals surface area contributed by atoms with Crippen LogP contribution in [0.5, 0.6) is 5.75 Å². The number of aromatic nitrogens is 1. The van der Waals surface area contributed by atoms with Crippen LogP contribution in [-0.4, -0.2) is 30.7 Å². The van der Waals surface area contributed by atoms with Crippen LogP contribution in [-0.2, 0) is 19.7 Å². The van der Waals surface area contributed by atoms with E-state index in [0.717, 1.165) is 26.0 Å². The number of carbonyl (C=O) groups excluding carboxylic acids is 2. The molecule has 0 aliphatic heterocycles. The number of nitrogens with zero attached hydrogens (tertiary/aromatic N) is 1. The Hall–Kier alpha value is -2.37. The molecule has 1 heterocycles. The number of amides is 2. The van der Waals surface area contributed by atoms with E-state index in [0.29, 0.717) is 0 Å². The SMILES string of the molecule is CC(=O)Nc1cc(OS(=O)(=O)C(F)(F)F)cc(NC(C)=O)n1. The fourth-order valence-corrected chi connectivity index (χ4v) is 1.66. The van der Waals surface area contributed by atoms with Gasteiger partial charge >= 0.3 is 15.6 Å². The van der Waals surface area contributed by atoms with Gasteiger partial charge in [-0.25, -0.2) is 4.98 Å². The fraction of sp³-hybridized carbons (Fsp3) is 0.300. The Balaban J connectivity index is 3.23. The van der Waals surface area contributed by atoms with E-state index in [1.165, 1.54) is 0 Å². The van der Waals surface area contributed by atoms with Gasteiger partial charge in [0.05, 0.1) is 0 Å². The van der Waals surface area contributed by atoms with Crippen LogP contribution < -0.4 is 14.8 Å². The first-order chi connectivity index (χ1) is 9.90. The molecule has 0 saturated heterocycles. The van der Waals surface area contributed by atoms with Crippen molar-refractivity contribution in [1.82, 2.24) is 4.98 Å². The van der Waals surface area contributed by atoms with Crippen molar-refractivity contribution in [2.45, 2.75) is 19.4 Å². The third kappa shape index (κ3) is 4.87. The maximum Gasteiger partial charge on any atom is 0.534 e. The minimum Gasteiger partial charge on any atom is -0.376 e. The van der Waals surface area contributed by atoms with Crippen molar-refractivity contribution in [2.24, 2.45) is 0 Å². The maximum absolute atomic E-state index is 12.3. The Morgan fingerprint density at radius 1 is 1.09 bits per heavy atom. The van der Waals surface area contributed by atoms with Crippen molar-refractivity contribution >= 4 is 33.6 Å². The second-order valence-electron chi connectivity index (χ2n) is 3.92. The Morgan fingerprint density at radius 3 is 1.82 bits per heavy atom. The van der Waals surface area contributed by atoms with Crippen molar-refractivity contribution in [3.05, 3.63) is 12.1 Å². The van der Waals surface area contributed by atoms with Gasteiger partial charge in [0.15, 0.2) is 0 Å². The summed E-state index contributed by atoms with van der Waals surface area (Å²) in [5, 5.41) is 4.25. The Morgan fingerprint density at radius 2 is 1.50 bits per heavy atom. The lowest BCUT2D eigenvalue weighted by Crippen LogP contribution is -2.28. The highest BCUT2D eigenvalue weighted by Gasteiger charge is 2.48. The lowest BCUT2D eigenvalue weighted by atomic mass is 10.4. The smallest absolute Gasteiger partial charge is 0.376 e. The van der Waals surface area contributed by atoms with Crippen LogP contribution in [0.15, 0.2) is 12.1 Å². The molecule has 0 bridgehead atoms. The van der Waals surface area contributed by atoms with Gasteiger partial charge in [-0.1, -0.05) is 0 Å². The topological polar surface area (TPSA) is 114 Å². The summed E-state index contributed by atoms with van der Waals surface area (Å²) in [6.45, 7) is 2.19. The van der Waals surface area contributed by atoms with Gasteiger partial charge in [-0.05, 0) is 0 Å². The number of pyridine rings is 1. The molecule has 8 nitrogen and oxygen atoms in total. The fourth-order valence-electron chi connectivity index (χ4n) is 1.22. The summed E-state index contributed by atoms with van der Waals surface area (Å²) < 4.78 is 62.6. The van der Waals surface area contributed by atoms with Crippen molar-refractivity contribution < 1.29 is 35.4 Å². The van der Waals surface area contributed by atoms with Crippen LogP contribution in [0.25, 0.3) is 0 Å². The normalized spacial score (nSPS) is 11.7.